The van der Waals surface area contributed by atoms with E-state index in [4.69, 9.17) is 11.0 Å². The quantitative estimate of drug-likeness (QED) is 0.687. The summed E-state index contributed by atoms with van der Waals surface area (Å²) in [5.41, 5.74) is 6.85. The minimum absolute atomic E-state index is 0.133. The van der Waals surface area contributed by atoms with E-state index < -0.39 is 0 Å². The van der Waals surface area contributed by atoms with E-state index >= 15 is 0 Å². The number of nitrogens with two attached hydrogens (primary N) is 1. The second-order valence-corrected chi connectivity index (χ2v) is 4.57. The first-order valence-corrected chi connectivity index (χ1v) is 6.72. The zero-order valence-electron chi connectivity index (χ0n) is 10.2. The van der Waals surface area contributed by atoms with Gasteiger partial charge in [0.25, 0.3) is 0 Å². The highest BCUT2D eigenvalue weighted by Gasteiger charge is 2.14. The third kappa shape index (κ3) is 2.83. The van der Waals surface area contributed by atoms with Gasteiger partial charge in [-0.2, -0.15) is 5.26 Å². The standard InChI is InChI=1S/C13H11FN4S/c1-19-13-17-11(9(7-15)12(16)18-13)6-8-4-2-3-5-10(8)14/h2-5H,6H2,1H3,(H2,16,17,18). The van der Waals surface area contributed by atoms with E-state index in [1.165, 1.54) is 17.8 Å². The number of thioether (sulfide) groups is 1. The van der Waals surface area contributed by atoms with Crippen molar-refractivity contribution in [3.8, 4) is 6.07 Å². The summed E-state index contributed by atoms with van der Waals surface area (Å²) < 4.78 is 13.6. The number of anilines is 1. The summed E-state index contributed by atoms with van der Waals surface area (Å²) in [6.45, 7) is 0. The van der Waals surface area contributed by atoms with E-state index in [0.717, 1.165) is 0 Å². The first-order valence-electron chi connectivity index (χ1n) is 5.49. The lowest BCUT2D eigenvalue weighted by Gasteiger charge is -2.08. The number of halogens is 1. The molecule has 2 N–H and O–H groups in total. The highest BCUT2D eigenvalue weighted by molar-refractivity contribution is 7.98. The molecule has 1 heterocycles. The van der Waals surface area contributed by atoms with Crippen molar-refractivity contribution in [1.29, 1.82) is 5.26 Å². The molecule has 19 heavy (non-hydrogen) atoms. The summed E-state index contributed by atoms with van der Waals surface area (Å²) in [7, 11) is 0. The van der Waals surface area contributed by atoms with Crippen molar-refractivity contribution >= 4 is 17.6 Å². The summed E-state index contributed by atoms with van der Waals surface area (Å²) in [5, 5.41) is 9.57. The number of hydrogen-bond donors (Lipinski definition) is 1. The zero-order valence-corrected chi connectivity index (χ0v) is 11.0. The summed E-state index contributed by atoms with van der Waals surface area (Å²) in [6.07, 6.45) is 2.03. The van der Waals surface area contributed by atoms with E-state index in [9.17, 15) is 4.39 Å². The SMILES string of the molecule is CSc1nc(N)c(C#N)c(Cc2ccccc2F)n1. The average Bonchev–Trinajstić information content (AvgIpc) is 2.41. The Hall–Kier alpha value is -2.13. The molecule has 0 unspecified atom stereocenters. The molecule has 0 saturated heterocycles. The van der Waals surface area contributed by atoms with Crippen LogP contribution in [0, 0.1) is 17.1 Å². The largest absolute Gasteiger partial charge is 0.382 e. The van der Waals surface area contributed by atoms with E-state index in [2.05, 4.69) is 9.97 Å². The normalized spacial score (nSPS) is 10.2. The Morgan fingerprint density at radius 1 is 1.37 bits per heavy atom. The molecule has 4 nitrogen and oxygen atoms in total. The molecule has 0 atom stereocenters. The van der Waals surface area contributed by atoms with Crippen molar-refractivity contribution < 1.29 is 4.39 Å². The lowest BCUT2D eigenvalue weighted by Crippen LogP contribution is -2.06. The second kappa shape index (κ2) is 5.67. The van der Waals surface area contributed by atoms with Crippen LogP contribution in [0.3, 0.4) is 0 Å². The van der Waals surface area contributed by atoms with Crippen LogP contribution in [0.5, 0.6) is 0 Å². The molecule has 1 aromatic carbocycles. The third-order valence-electron chi connectivity index (χ3n) is 2.60. The fourth-order valence-corrected chi connectivity index (χ4v) is 2.06. The predicted octanol–water partition coefficient (Wildman–Crippen LogP) is 2.38. The topological polar surface area (TPSA) is 75.6 Å². The summed E-state index contributed by atoms with van der Waals surface area (Å²) in [5.74, 6) is -0.192. The summed E-state index contributed by atoms with van der Waals surface area (Å²) in [4.78, 5) is 8.24. The highest BCUT2D eigenvalue weighted by atomic mass is 32.2. The van der Waals surface area contributed by atoms with Crippen LogP contribution in [0.4, 0.5) is 10.2 Å². The van der Waals surface area contributed by atoms with Gasteiger partial charge < -0.3 is 5.73 Å². The maximum atomic E-state index is 13.6. The average molecular weight is 274 g/mol. The summed E-state index contributed by atoms with van der Waals surface area (Å²) >= 11 is 1.33. The smallest absolute Gasteiger partial charge is 0.189 e. The lowest BCUT2D eigenvalue weighted by molar-refractivity contribution is 0.612. The molecule has 0 aliphatic rings. The van der Waals surface area contributed by atoms with Gasteiger partial charge in [-0.3, -0.25) is 0 Å². The van der Waals surface area contributed by atoms with Gasteiger partial charge in [0.05, 0.1) is 5.69 Å². The number of nitrogen functional groups attached to an aromatic ring is 1. The van der Waals surface area contributed by atoms with Crippen LogP contribution in [-0.2, 0) is 6.42 Å². The minimum Gasteiger partial charge on any atom is -0.382 e. The Bertz CT molecular complexity index is 652. The lowest BCUT2D eigenvalue weighted by atomic mass is 10.1. The van der Waals surface area contributed by atoms with Crippen LogP contribution in [0.1, 0.15) is 16.8 Å². The maximum Gasteiger partial charge on any atom is 0.189 e. The molecule has 96 valence electrons. The second-order valence-electron chi connectivity index (χ2n) is 3.80. The Morgan fingerprint density at radius 3 is 2.74 bits per heavy atom. The Morgan fingerprint density at radius 2 is 2.11 bits per heavy atom. The van der Waals surface area contributed by atoms with E-state index in [-0.39, 0.29) is 23.6 Å². The van der Waals surface area contributed by atoms with Crippen molar-refractivity contribution in [2.24, 2.45) is 0 Å². The third-order valence-corrected chi connectivity index (χ3v) is 3.15. The van der Waals surface area contributed by atoms with Gasteiger partial charge in [0, 0.05) is 6.42 Å². The molecule has 0 radical (unpaired) electrons. The first kappa shape index (κ1) is 13.3. The molecule has 0 fully saturated rings. The zero-order chi connectivity index (χ0) is 13.8. The molecule has 0 saturated carbocycles. The van der Waals surface area contributed by atoms with Gasteiger partial charge in [0.1, 0.15) is 23.3 Å². The molecule has 0 spiro atoms. The molecule has 0 amide bonds. The van der Waals surface area contributed by atoms with Crippen molar-refractivity contribution in [3.63, 3.8) is 0 Å². The molecule has 0 aliphatic carbocycles. The fraction of sp³-hybridized carbons (Fsp3) is 0.154. The molecular weight excluding hydrogens is 263 g/mol. The number of aromatic nitrogens is 2. The predicted molar refractivity (Wildman–Crippen MR) is 72.1 cm³/mol. The van der Waals surface area contributed by atoms with Crippen LogP contribution >= 0.6 is 11.8 Å². The van der Waals surface area contributed by atoms with Crippen molar-refractivity contribution in [3.05, 3.63) is 46.9 Å². The maximum absolute atomic E-state index is 13.6. The fourth-order valence-electron chi connectivity index (χ4n) is 1.67. The van der Waals surface area contributed by atoms with Crippen LogP contribution in [-0.4, -0.2) is 16.2 Å². The van der Waals surface area contributed by atoms with Gasteiger partial charge in [-0.25, -0.2) is 14.4 Å². The van der Waals surface area contributed by atoms with Gasteiger partial charge in [-0.1, -0.05) is 30.0 Å². The van der Waals surface area contributed by atoms with Gasteiger partial charge >= 0.3 is 0 Å². The van der Waals surface area contributed by atoms with Gasteiger partial charge in [-0.15, -0.1) is 0 Å². The van der Waals surface area contributed by atoms with Crippen molar-refractivity contribution in [2.45, 2.75) is 11.6 Å². The van der Waals surface area contributed by atoms with Crippen LogP contribution < -0.4 is 5.73 Å². The number of nitrogens with zero attached hydrogens (tertiary/aromatic N) is 3. The molecule has 2 aromatic rings. The molecular formula is C13H11FN4S. The molecule has 0 aliphatic heterocycles. The van der Waals surface area contributed by atoms with E-state index in [0.29, 0.717) is 16.4 Å². The minimum atomic E-state index is -0.325. The van der Waals surface area contributed by atoms with E-state index in [1.54, 1.807) is 18.2 Å². The van der Waals surface area contributed by atoms with Gasteiger partial charge in [0.2, 0.25) is 0 Å². The Labute approximate surface area is 114 Å². The molecule has 1 aromatic heterocycles. The van der Waals surface area contributed by atoms with Gasteiger partial charge in [-0.05, 0) is 17.9 Å². The highest BCUT2D eigenvalue weighted by Crippen LogP contribution is 2.21. The monoisotopic (exact) mass is 274 g/mol. The summed E-state index contributed by atoms with van der Waals surface area (Å²) in [6, 6.07) is 8.37. The van der Waals surface area contributed by atoms with Crippen molar-refractivity contribution in [1.82, 2.24) is 9.97 Å². The Balaban J connectivity index is 2.48. The Kier molecular flexibility index (Phi) is 3.97. The van der Waals surface area contributed by atoms with Crippen molar-refractivity contribution in [2.75, 3.05) is 12.0 Å². The number of hydrogen-bond acceptors (Lipinski definition) is 5. The first-order chi connectivity index (χ1) is 9.15. The molecule has 2 rings (SSSR count). The van der Waals surface area contributed by atoms with Crippen LogP contribution in [0.2, 0.25) is 0 Å². The van der Waals surface area contributed by atoms with Crippen LogP contribution in [0.15, 0.2) is 29.4 Å². The molecule has 0 bridgehead atoms. The van der Waals surface area contributed by atoms with Crippen LogP contribution in [0.25, 0.3) is 0 Å². The molecule has 6 heteroatoms. The van der Waals surface area contributed by atoms with Gasteiger partial charge in [0.15, 0.2) is 5.16 Å². The number of rotatable bonds is 3. The number of nitriles is 1. The van der Waals surface area contributed by atoms with E-state index in [1.807, 2.05) is 12.3 Å². The number of benzene rings is 1.